The fourth-order valence-corrected chi connectivity index (χ4v) is 4.29. The Bertz CT molecular complexity index is 1720. The number of benzene rings is 3. The minimum absolute atomic E-state index is 0.105. The Morgan fingerprint density at radius 1 is 0.829 bits per heavy atom. The van der Waals surface area contributed by atoms with Crippen LogP contribution in [0, 0.1) is 11.3 Å². The second-order valence-corrected chi connectivity index (χ2v) is 8.85. The van der Waals surface area contributed by atoms with E-state index in [4.69, 9.17) is 28.5 Å². The molecule has 5 rings (SSSR count). The molecule has 0 fully saturated rings. The zero-order valence-electron chi connectivity index (χ0n) is 18.4. The topological polar surface area (TPSA) is 85.1 Å². The number of nitriles is 1. The lowest BCUT2D eigenvalue weighted by Gasteiger charge is -2.16. The van der Waals surface area contributed by atoms with Crippen LogP contribution in [-0.2, 0) is 13.6 Å². The van der Waals surface area contributed by atoms with Crippen molar-refractivity contribution < 1.29 is 0 Å². The molecule has 3 aromatic carbocycles. The SMILES string of the molecule is Cn1nc2c(-c3ccc(Cl)cc3)c(-c3ccc(Cl)cc3)c(=O)n(Cc3ccc(C#N)cc3)n2c1=O. The summed E-state index contributed by atoms with van der Waals surface area (Å²) < 4.78 is 3.87. The van der Waals surface area contributed by atoms with Crippen LogP contribution in [0.2, 0.25) is 10.0 Å². The van der Waals surface area contributed by atoms with Gasteiger partial charge in [-0.15, -0.1) is 5.10 Å². The first kappa shape index (κ1) is 22.7. The molecule has 172 valence electrons. The Morgan fingerprint density at radius 2 is 1.37 bits per heavy atom. The highest BCUT2D eigenvalue weighted by Crippen LogP contribution is 2.33. The van der Waals surface area contributed by atoms with Gasteiger partial charge in [0.15, 0.2) is 5.65 Å². The van der Waals surface area contributed by atoms with E-state index < -0.39 is 5.69 Å². The van der Waals surface area contributed by atoms with Gasteiger partial charge in [0, 0.05) is 22.7 Å². The maximum absolute atomic E-state index is 14.1. The lowest BCUT2D eigenvalue weighted by Crippen LogP contribution is -2.34. The predicted molar refractivity (Wildman–Crippen MR) is 136 cm³/mol. The number of hydrogen-bond acceptors (Lipinski definition) is 4. The molecule has 0 bridgehead atoms. The minimum Gasteiger partial charge on any atom is -0.267 e. The highest BCUT2D eigenvalue weighted by molar-refractivity contribution is 6.31. The van der Waals surface area contributed by atoms with E-state index in [9.17, 15) is 9.59 Å². The van der Waals surface area contributed by atoms with E-state index in [1.54, 1.807) is 79.8 Å². The van der Waals surface area contributed by atoms with E-state index in [0.717, 1.165) is 5.56 Å². The average molecular weight is 502 g/mol. The first-order valence-electron chi connectivity index (χ1n) is 10.6. The third kappa shape index (κ3) is 4.03. The van der Waals surface area contributed by atoms with Crippen LogP contribution in [0.5, 0.6) is 0 Å². The van der Waals surface area contributed by atoms with Crippen molar-refractivity contribution in [1.29, 1.82) is 5.26 Å². The summed E-state index contributed by atoms with van der Waals surface area (Å²) in [5.41, 5.74) is 3.00. The number of aryl methyl sites for hydroxylation is 1. The van der Waals surface area contributed by atoms with E-state index in [0.29, 0.717) is 43.5 Å². The van der Waals surface area contributed by atoms with Gasteiger partial charge in [0.1, 0.15) is 0 Å². The van der Waals surface area contributed by atoms with Crippen molar-refractivity contribution in [3.05, 3.63) is 115 Å². The standard InChI is InChI=1S/C26H17Cl2N5O2/c1-31-26(35)33-24(30-31)22(18-6-10-20(27)11-7-18)23(19-8-12-21(28)13-9-19)25(34)32(33)15-17-4-2-16(14-29)3-5-17/h2-13H,15H2,1H3. The molecular weight excluding hydrogens is 485 g/mol. The molecule has 0 aliphatic heterocycles. The summed E-state index contributed by atoms with van der Waals surface area (Å²) in [6.45, 7) is 0.105. The fourth-order valence-electron chi connectivity index (χ4n) is 4.04. The van der Waals surface area contributed by atoms with Crippen LogP contribution in [0.4, 0.5) is 0 Å². The Labute approximate surface area is 209 Å². The van der Waals surface area contributed by atoms with Crippen molar-refractivity contribution in [3.8, 4) is 28.3 Å². The van der Waals surface area contributed by atoms with Crippen LogP contribution in [-0.4, -0.2) is 19.0 Å². The molecule has 0 aliphatic carbocycles. The summed E-state index contributed by atoms with van der Waals surface area (Å²) in [6, 6.07) is 22.9. The van der Waals surface area contributed by atoms with Crippen molar-refractivity contribution >= 4 is 28.8 Å². The molecule has 0 amide bonds. The number of nitrogens with zero attached hydrogens (tertiary/aromatic N) is 5. The quantitative estimate of drug-likeness (QED) is 0.355. The first-order chi connectivity index (χ1) is 16.9. The van der Waals surface area contributed by atoms with Gasteiger partial charge in [-0.25, -0.2) is 14.2 Å². The largest absolute Gasteiger partial charge is 0.365 e. The van der Waals surface area contributed by atoms with Crippen LogP contribution in [0.1, 0.15) is 11.1 Å². The summed E-state index contributed by atoms with van der Waals surface area (Å²) in [4.78, 5) is 27.2. The number of hydrogen-bond donors (Lipinski definition) is 0. The molecule has 0 radical (unpaired) electrons. The molecule has 5 aromatic rings. The van der Waals surface area contributed by atoms with Crippen LogP contribution in [0.15, 0.2) is 82.4 Å². The molecule has 2 aromatic heterocycles. The first-order valence-corrected chi connectivity index (χ1v) is 11.4. The molecule has 0 atom stereocenters. The third-order valence-corrected chi connectivity index (χ3v) is 6.25. The van der Waals surface area contributed by atoms with Crippen LogP contribution in [0.3, 0.4) is 0 Å². The maximum atomic E-state index is 14.1. The van der Waals surface area contributed by atoms with Gasteiger partial charge in [-0.3, -0.25) is 4.79 Å². The lowest BCUT2D eigenvalue weighted by molar-refractivity contribution is 0.575. The summed E-state index contributed by atoms with van der Waals surface area (Å²) in [7, 11) is 1.54. The monoisotopic (exact) mass is 501 g/mol. The van der Waals surface area contributed by atoms with Gasteiger partial charge in [0.05, 0.1) is 23.7 Å². The Hall–Kier alpha value is -4.12. The van der Waals surface area contributed by atoms with Crippen LogP contribution in [0.25, 0.3) is 27.9 Å². The second-order valence-electron chi connectivity index (χ2n) is 7.98. The molecular formula is C26H17Cl2N5O2. The Morgan fingerprint density at radius 3 is 1.91 bits per heavy atom. The van der Waals surface area contributed by atoms with Gasteiger partial charge in [-0.05, 0) is 53.1 Å². The van der Waals surface area contributed by atoms with Crippen LogP contribution < -0.4 is 11.2 Å². The van der Waals surface area contributed by atoms with Crippen molar-refractivity contribution in [1.82, 2.24) is 19.0 Å². The molecule has 0 spiro atoms. The van der Waals surface area contributed by atoms with Gasteiger partial charge in [0.25, 0.3) is 5.56 Å². The zero-order chi connectivity index (χ0) is 24.7. The maximum Gasteiger partial charge on any atom is 0.365 e. The molecule has 35 heavy (non-hydrogen) atoms. The lowest BCUT2D eigenvalue weighted by atomic mass is 9.96. The normalized spacial score (nSPS) is 11.0. The average Bonchev–Trinajstić information content (AvgIpc) is 3.16. The smallest absolute Gasteiger partial charge is 0.267 e. The molecule has 0 saturated carbocycles. The van der Waals surface area contributed by atoms with E-state index in [2.05, 4.69) is 11.2 Å². The van der Waals surface area contributed by atoms with Gasteiger partial charge >= 0.3 is 5.69 Å². The number of rotatable bonds is 4. The van der Waals surface area contributed by atoms with E-state index in [1.807, 2.05) is 0 Å². The van der Waals surface area contributed by atoms with Crippen molar-refractivity contribution in [2.24, 2.45) is 7.05 Å². The molecule has 0 aliphatic rings. The summed E-state index contributed by atoms with van der Waals surface area (Å²) in [5.74, 6) is 0. The molecule has 7 nitrogen and oxygen atoms in total. The third-order valence-electron chi connectivity index (χ3n) is 5.75. The predicted octanol–water partition coefficient (Wildman–Crippen LogP) is 4.76. The zero-order valence-corrected chi connectivity index (χ0v) is 20.0. The number of aromatic nitrogens is 4. The molecule has 2 heterocycles. The minimum atomic E-state index is -0.455. The second kappa shape index (κ2) is 8.91. The van der Waals surface area contributed by atoms with Crippen molar-refractivity contribution in [3.63, 3.8) is 0 Å². The van der Waals surface area contributed by atoms with Crippen molar-refractivity contribution in [2.45, 2.75) is 6.54 Å². The summed E-state index contributed by atoms with van der Waals surface area (Å²) in [5, 5.41) is 14.7. The van der Waals surface area contributed by atoms with E-state index >= 15 is 0 Å². The van der Waals surface area contributed by atoms with Gasteiger partial charge in [-0.2, -0.15) is 9.78 Å². The fraction of sp³-hybridized carbons (Fsp3) is 0.0769. The highest BCUT2D eigenvalue weighted by Gasteiger charge is 2.24. The number of fused-ring (bicyclic) bond motifs is 1. The Kier molecular flexibility index (Phi) is 5.77. The molecule has 0 saturated heterocycles. The highest BCUT2D eigenvalue weighted by atomic mass is 35.5. The van der Waals surface area contributed by atoms with Gasteiger partial charge in [-0.1, -0.05) is 59.6 Å². The Balaban J connectivity index is 1.88. The van der Waals surface area contributed by atoms with Gasteiger partial charge < -0.3 is 0 Å². The molecule has 0 N–H and O–H groups in total. The van der Waals surface area contributed by atoms with E-state index in [1.165, 1.54) is 13.9 Å². The van der Waals surface area contributed by atoms with Gasteiger partial charge in [0.2, 0.25) is 0 Å². The number of halogens is 2. The summed E-state index contributed by atoms with van der Waals surface area (Å²) in [6.07, 6.45) is 0. The van der Waals surface area contributed by atoms with Crippen LogP contribution >= 0.6 is 23.2 Å². The van der Waals surface area contributed by atoms with E-state index in [-0.39, 0.29) is 12.1 Å². The van der Waals surface area contributed by atoms with Crippen molar-refractivity contribution in [2.75, 3.05) is 0 Å². The summed E-state index contributed by atoms with van der Waals surface area (Å²) >= 11 is 12.2. The molecule has 9 heteroatoms. The molecule has 0 unspecified atom stereocenters.